The Balaban J connectivity index is 2.38. The SMILES string of the molecule is Cc1cc(S(=O)(=O)Nc2ccccc2C(C)C)sc1Br. The predicted molar refractivity (Wildman–Crippen MR) is 88.1 cm³/mol. The molecule has 0 aliphatic rings. The first-order chi connectivity index (χ1) is 9.31. The van der Waals surface area contributed by atoms with Crippen LogP contribution in [0.1, 0.15) is 30.9 Å². The average molecular weight is 374 g/mol. The number of sulfonamides is 1. The molecule has 1 aromatic heterocycles. The Morgan fingerprint density at radius 2 is 1.90 bits per heavy atom. The van der Waals surface area contributed by atoms with Crippen molar-refractivity contribution in [3.63, 3.8) is 0 Å². The molecule has 0 saturated carbocycles. The number of hydrogen-bond donors (Lipinski definition) is 1. The summed E-state index contributed by atoms with van der Waals surface area (Å²) in [5.74, 6) is 0.255. The van der Waals surface area contributed by atoms with Crippen LogP contribution in [0.15, 0.2) is 38.3 Å². The molecular weight excluding hydrogens is 358 g/mol. The van der Waals surface area contributed by atoms with E-state index in [-0.39, 0.29) is 5.92 Å². The molecule has 0 unspecified atom stereocenters. The summed E-state index contributed by atoms with van der Waals surface area (Å²) in [5.41, 5.74) is 2.56. The van der Waals surface area contributed by atoms with E-state index in [0.717, 1.165) is 14.9 Å². The fraction of sp³-hybridized carbons (Fsp3) is 0.286. The van der Waals surface area contributed by atoms with Crippen molar-refractivity contribution in [2.24, 2.45) is 0 Å². The van der Waals surface area contributed by atoms with Crippen molar-refractivity contribution >= 4 is 43.0 Å². The highest BCUT2D eigenvalue weighted by Crippen LogP contribution is 2.33. The maximum Gasteiger partial charge on any atom is 0.271 e. The molecule has 1 heterocycles. The lowest BCUT2D eigenvalue weighted by Crippen LogP contribution is -2.13. The number of hydrogen-bond acceptors (Lipinski definition) is 3. The van der Waals surface area contributed by atoms with Crippen LogP contribution in [0.4, 0.5) is 5.69 Å². The molecule has 2 rings (SSSR count). The second-order valence-electron chi connectivity index (χ2n) is 4.87. The van der Waals surface area contributed by atoms with Crippen LogP contribution in [0.2, 0.25) is 0 Å². The van der Waals surface area contributed by atoms with E-state index in [4.69, 9.17) is 0 Å². The van der Waals surface area contributed by atoms with Gasteiger partial charge in [-0.1, -0.05) is 32.0 Å². The van der Waals surface area contributed by atoms with Crippen molar-refractivity contribution in [1.29, 1.82) is 0 Å². The fourth-order valence-corrected chi connectivity index (χ4v) is 5.17. The zero-order chi connectivity index (χ0) is 14.9. The summed E-state index contributed by atoms with van der Waals surface area (Å²) in [4.78, 5) is 0. The molecule has 0 spiro atoms. The molecule has 0 radical (unpaired) electrons. The molecule has 6 heteroatoms. The van der Waals surface area contributed by atoms with E-state index in [1.54, 1.807) is 12.1 Å². The number of benzene rings is 1. The number of aryl methyl sites for hydroxylation is 1. The van der Waals surface area contributed by atoms with Crippen molar-refractivity contribution in [1.82, 2.24) is 0 Å². The number of rotatable bonds is 4. The number of para-hydroxylation sites is 1. The van der Waals surface area contributed by atoms with Crippen molar-refractivity contribution in [3.05, 3.63) is 45.2 Å². The third-order valence-corrected chi connectivity index (χ3v) is 6.90. The fourth-order valence-electron chi connectivity index (χ4n) is 1.85. The summed E-state index contributed by atoms with van der Waals surface area (Å²) in [6.07, 6.45) is 0. The Morgan fingerprint density at radius 1 is 1.25 bits per heavy atom. The smallest absolute Gasteiger partial charge is 0.271 e. The van der Waals surface area contributed by atoms with Crippen LogP contribution in [0.5, 0.6) is 0 Å². The lowest BCUT2D eigenvalue weighted by atomic mass is 10.0. The van der Waals surface area contributed by atoms with Crippen molar-refractivity contribution in [3.8, 4) is 0 Å². The van der Waals surface area contributed by atoms with Gasteiger partial charge in [-0.25, -0.2) is 8.42 Å². The molecule has 0 fully saturated rings. The molecule has 0 aliphatic carbocycles. The van der Waals surface area contributed by atoms with Gasteiger partial charge in [0, 0.05) is 0 Å². The van der Waals surface area contributed by atoms with E-state index in [1.807, 2.05) is 39.0 Å². The molecule has 0 amide bonds. The van der Waals surface area contributed by atoms with Gasteiger partial charge in [-0.2, -0.15) is 0 Å². The van der Waals surface area contributed by atoms with Gasteiger partial charge in [0.25, 0.3) is 10.0 Å². The van der Waals surface area contributed by atoms with Crippen molar-refractivity contribution < 1.29 is 8.42 Å². The maximum absolute atomic E-state index is 12.4. The van der Waals surface area contributed by atoms with Crippen LogP contribution in [0.3, 0.4) is 0 Å². The second-order valence-corrected chi connectivity index (χ2v) is 9.15. The number of nitrogens with one attached hydrogen (secondary N) is 1. The second kappa shape index (κ2) is 5.87. The first kappa shape index (κ1) is 15.5. The van der Waals surface area contributed by atoms with E-state index in [0.29, 0.717) is 9.90 Å². The Morgan fingerprint density at radius 3 is 2.45 bits per heavy atom. The number of anilines is 1. The van der Waals surface area contributed by atoms with Crippen LogP contribution in [-0.4, -0.2) is 8.42 Å². The zero-order valence-corrected chi connectivity index (χ0v) is 14.7. The highest BCUT2D eigenvalue weighted by Gasteiger charge is 2.20. The standard InChI is InChI=1S/C14H16BrNO2S2/c1-9(2)11-6-4-5-7-12(11)16-20(17,18)13-8-10(3)14(15)19-13/h4-9,16H,1-3H3. The molecule has 1 aromatic carbocycles. The monoisotopic (exact) mass is 373 g/mol. The summed E-state index contributed by atoms with van der Waals surface area (Å²) in [6, 6.07) is 9.16. The van der Waals surface area contributed by atoms with E-state index in [1.165, 1.54) is 11.3 Å². The molecule has 108 valence electrons. The largest absolute Gasteiger partial charge is 0.279 e. The summed E-state index contributed by atoms with van der Waals surface area (Å²) in [5, 5.41) is 0. The van der Waals surface area contributed by atoms with E-state index < -0.39 is 10.0 Å². The Hall–Kier alpha value is -0.850. The third kappa shape index (κ3) is 3.24. The van der Waals surface area contributed by atoms with Gasteiger partial charge in [-0.3, -0.25) is 4.72 Å². The van der Waals surface area contributed by atoms with Crippen LogP contribution in [-0.2, 0) is 10.0 Å². The Kier molecular flexibility index (Phi) is 4.56. The minimum absolute atomic E-state index is 0.255. The topological polar surface area (TPSA) is 46.2 Å². The molecule has 2 aromatic rings. The Bertz CT molecular complexity index is 701. The molecular formula is C14H16BrNO2S2. The van der Waals surface area contributed by atoms with Crippen LogP contribution < -0.4 is 4.72 Å². The first-order valence-corrected chi connectivity index (χ1v) is 9.28. The van der Waals surface area contributed by atoms with Crippen molar-refractivity contribution in [2.75, 3.05) is 4.72 Å². The maximum atomic E-state index is 12.4. The van der Waals surface area contributed by atoms with Crippen LogP contribution in [0.25, 0.3) is 0 Å². The van der Waals surface area contributed by atoms with Gasteiger partial charge in [-0.05, 0) is 52.0 Å². The van der Waals surface area contributed by atoms with E-state index >= 15 is 0 Å². The molecule has 1 N–H and O–H groups in total. The summed E-state index contributed by atoms with van der Waals surface area (Å²) < 4.78 is 28.7. The molecule has 0 atom stereocenters. The highest BCUT2D eigenvalue weighted by atomic mass is 79.9. The van der Waals surface area contributed by atoms with Gasteiger partial charge in [0.15, 0.2) is 0 Å². The van der Waals surface area contributed by atoms with E-state index in [2.05, 4.69) is 20.7 Å². The van der Waals surface area contributed by atoms with Crippen LogP contribution >= 0.6 is 27.3 Å². The van der Waals surface area contributed by atoms with Gasteiger partial charge >= 0.3 is 0 Å². The van der Waals surface area contributed by atoms with Gasteiger partial charge < -0.3 is 0 Å². The molecule has 0 saturated heterocycles. The van der Waals surface area contributed by atoms with Gasteiger partial charge in [0.05, 0.1) is 9.47 Å². The minimum Gasteiger partial charge on any atom is -0.279 e. The summed E-state index contributed by atoms with van der Waals surface area (Å²) >= 11 is 4.58. The zero-order valence-electron chi connectivity index (χ0n) is 11.5. The van der Waals surface area contributed by atoms with Crippen LogP contribution in [0, 0.1) is 6.92 Å². The number of halogens is 1. The Labute approximate surface area is 132 Å². The summed E-state index contributed by atoms with van der Waals surface area (Å²) in [7, 11) is -3.53. The third-order valence-electron chi connectivity index (χ3n) is 2.93. The molecule has 20 heavy (non-hydrogen) atoms. The predicted octanol–water partition coefficient (Wildman–Crippen LogP) is 4.74. The molecule has 0 bridgehead atoms. The number of thiophene rings is 1. The summed E-state index contributed by atoms with van der Waals surface area (Å²) in [6.45, 7) is 5.96. The molecule has 0 aliphatic heterocycles. The lowest BCUT2D eigenvalue weighted by Gasteiger charge is -2.14. The minimum atomic E-state index is -3.53. The van der Waals surface area contributed by atoms with Gasteiger partial charge in [0.1, 0.15) is 4.21 Å². The first-order valence-electron chi connectivity index (χ1n) is 6.19. The molecule has 3 nitrogen and oxygen atoms in total. The van der Waals surface area contributed by atoms with Gasteiger partial charge in [0.2, 0.25) is 0 Å². The lowest BCUT2D eigenvalue weighted by molar-refractivity contribution is 0.603. The quantitative estimate of drug-likeness (QED) is 0.840. The normalized spacial score (nSPS) is 11.8. The van der Waals surface area contributed by atoms with Gasteiger partial charge in [-0.15, -0.1) is 11.3 Å². The van der Waals surface area contributed by atoms with E-state index in [9.17, 15) is 8.42 Å². The highest BCUT2D eigenvalue weighted by molar-refractivity contribution is 9.11. The average Bonchev–Trinajstić information content (AvgIpc) is 2.70. The van der Waals surface area contributed by atoms with Crippen molar-refractivity contribution in [2.45, 2.75) is 30.9 Å².